The van der Waals surface area contributed by atoms with Crippen LogP contribution >= 0.6 is 23.7 Å². The van der Waals surface area contributed by atoms with Crippen LogP contribution in [0.2, 0.25) is 0 Å². The molecule has 0 bridgehead atoms. The Morgan fingerprint density at radius 2 is 2.08 bits per heavy atom. The number of hydrogen-bond acceptors (Lipinski definition) is 7. The highest BCUT2D eigenvalue weighted by molar-refractivity contribution is 7.13. The number of piperazine rings is 1. The first-order chi connectivity index (χ1) is 11.7. The number of carbonyl (C=O) groups excluding carboxylic acids is 1. The molecule has 2 aromatic rings. The van der Waals surface area contributed by atoms with E-state index in [1.54, 1.807) is 0 Å². The molecule has 1 amide bonds. The van der Waals surface area contributed by atoms with Gasteiger partial charge in [-0.1, -0.05) is 6.07 Å². The lowest BCUT2D eigenvalue weighted by molar-refractivity contribution is -0.116. The summed E-state index contributed by atoms with van der Waals surface area (Å²) in [4.78, 5) is 25.1. The highest BCUT2D eigenvalue weighted by Crippen LogP contribution is 2.18. The monoisotopic (exact) mass is 382 g/mol. The quantitative estimate of drug-likeness (QED) is 0.788. The molecule has 3 heterocycles. The molecule has 1 aliphatic heterocycles. The number of anilines is 2. The van der Waals surface area contributed by atoms with Crippen LogP contribution in [0.4, 0.5) is 10.9 Å². The molecule has 0 saturated carbocycles. The van der Waals surface area contributed by atoms with Gasteiger partial charge in [0.15, 0.2) is 5.13 Å². The molecular weight excluding hydrogens is 360 g/mol. The number of thiazole rings is 1. The van der Waals surface area contributed by atoms with Gasteiger partial charge in [0.25, 0.3) is 0 Å². The molecule has 9 heteroatoms. The molecule has 3 N–H and O–H groups in total. The van der Waals surface area contributed by atoms with Crippen LogP contribution in [-0.2, 0) is 11.3 Å². The van der Waals surface area contributed by atoms with Crippen molar-refractivity contribution in [2.45, 2.75) is 13.0 Å². The van der Waals surface area contributed by atoms with Gasteiger partial charge in [0.2, 0.25) is 5.91 Å². The Morgan fingerprint density at radius 1 is 1.28 bits per heavy atom. The van der Waals surface area contributed by atoms with Crippen LogP contribution in [0, 0.1) is 0 Å². The second-order valence-electron chi connectivity index (χ2n) is 5.68. The molecule has 0 spiro atoms. The number of hydrogen-bond donors (Lipinski definition) is 2. The lowest BCUT2D eigenvalue weighted by atomic mass is 10.3. The summed E-state index contributed by atoms with van der Waals surface area (Å²) in [5, 5.41) is 5.43. The number of pyridine rings is 1. The maximum absolute atomic E-state index is 11.5. The van der Waals surface area contributed by atoms with Gasteiger partial charge in [0.1, 0.15) is 5.82 Å². The van der Waals surface area contributed by atoms with Crippen molar-refractivity contribution >= 4 is 40.6 Å². The third kappa shape index (κ3) is 5.64. The Morgan fingerprint density at radius 3 is 2.76 bits per heavy atom. The molecule has 2 aromatic heterocycles. The lowest BCUT2D eigenvalue weighted by Crippen LogP contribution is -2.46. The molecule has 1 saturated heterocycles. The average Bonchev–Trinajstić information content (AvgIpc) is 3.03. The summed E-state index contributed by atoms with van der Waals surface area (Å²) >= 11 is 1.46. The number of nitrogens with two attached hydrogens (primary N) is 1. The van der Waals surface area contributed by atoms with E-state index in [0.717, 1.165) is 44.2 Å². The van der Waals surface area contributed by atoms with Gasteiger partial charge in [-0.3, -0.25) is 9.69 Å². The van der Waals surface area contributed by atoms with Crippen molar-refractivity contribution in [3.8, 4) is 0 Å². The van der Waals surface area contributed by atoms with Gasteiger partial charge in [-0.25, -0.2) is 9.97 Å². The third-order valence-electron chi connectivity index (χ3n) is 3.90. The first-order valence-electron chi connectivity index (χ1n) is 8.07. The largest absolute Gasteiger partial charge is 0.354 e. The van der Waals surface area contributed by atoms with Crippen molar-refractivity contribution < 1.29 is 4.79 Å². The third-order valence-corrected chi connectivity index (χ3v) is 4.71. The van der Waals surface area contributed by atoms with E-state index >= 15 is 0 Å². The fourth-order valence-electron chi connectivity index (χ4n) is 2.65. The Balaban J connectivity index is 0.00000225. The summed E-state index contributed by atoms with van der Waals surface area (Å²) in [7, 11) is 0. The highest BCUT2D eigenvalue weighted by atomic mass is 35.5. The van der Waals surface area contributed by atoms with Gasteiger partial charge in [-0.15, -0.1) is 23.7 Å². The minimum Gasteiger partial charge on any atom is -0.354 e. The van der Waals surface area contributed by atoms with E-state index in [-0.39, 0.29) is 18.3 Å². The molecule has 0 unspecified atom stereocenters. The van der Waals surface area contributed by atoms with E-state index in [9.17, 15) is 4.79 Å². The fraction of sp³-hybridized carbons (Fsp3) is 0.438. The molecule has 0 radical (unpaired) electrons. The zero-order valence-electron chi connectivity index (χ0n) is 13.9. The maximum atomic E-state index is 11.5. The van der Waals surface area contributed by atoms with E-state index in [1.165, 1.54) is 11.3 Å². The topological polar surface area (TPSA) is 87.4 Å². The number of halogens is 1. The van der Waals surface area contributed by atoms with Crippen LogP contribution in [0.15, 0.2) is 29.8 Å². The SMILES string of the molecule is Cl.NCCC(=O)Nc1nc(CN2CCN(c3ccccn3)CC2)cs1. The number of nitrogens with one attached hydrogen (secondary N) is 1. The van der Waals surface area contributed by atoms with Crippen LogP contribution in [0.3, 0.4) is 0 Å². The fourth-order valence-corrected chi connectivity index (χ4v) is 3.37. The van der Waals surface area contributed by atoms with Crippen LogP contribution in [0.25, 0.3) is 0 Å². The molecule has 25 heavy (non-hydrogen) atoms. The van der Waals surface area contributed by atoms with Gasteiger partial charge < -0.3 is 16.0 Å². The molecule has 7 nitrogen and oxygen atoms in total. The second kappa shape index (κ2) is 9.67. The van der Waals surface area contributed by atoms with E-state index < -0.39 is 0 Å². The van der Waals surface area contributed by atoms with E-state index in [4.69, 9.17) is 5.73 Å². The predicted octanol–water partition coefficient (Wildman–Crippen LogP) is 1.57. The van der Waals surface area contributed by atoms with Crippen LogP contribution < -0.4 is 16.0 Å². The summed E-state index contributed by atoms with van der Waals surface area (Å²) in [5.74, 6) is 0.957. The number of amides is 1. The normalized spacial score (nSPS) is 14.8. The molecule has 1 aliphatic rings. The second-order valence-corrected chi connectivity index (χ2v) is 6.54. The molecule has 136 valence electrons. The molecule has 0 atom stereocenters. The average molecular weight is 383 g/mol. The smallest absolute Gasteiger partial charge is 0.227 e. The Hall–Kier alpha value is -1.74. The molecule has 0 aromatic carbocycles. The Labute approximate surface area is 157 Å². The zero-order chi connectivity index (χ0) is 16.8. The van der Waals surface area contributed by atoms with E-state index in [1.807, 2.05) is 29.8 Å². The number of nitrogens with zero attached hydrogens (tertiary/aromatic N) is 4. The summed E-state index contributed by atoms with van der Waals surface area (Å²) in [6.07, 6.45) is 2.15. The van der Waals surface area contributed by atoms with Gasteiger partial charge in [0.05, 0.1) is 5.69 Å². The predicted molar refractivity (Wildman–Crippen MR) is 103 cm³/mol. The minimum atomic E-state index is -0.0811. The highest BCUT2D eigenvalue weighted by Gasteiger charge is 2.18. The van der Waals surface area contributed by atoms with Gasteiger partial charge in [0, 0.05) is 57.3 Å². The first-order valence-corrected chi connectivity index (χ1v) is 8.95. The van der Waals surface area contributed by atoms with Crippen molar-refractivity contribution in [3.63, 3.8) is 0 Å². The van der Waals surface area contributed by atoms with Crippen LogP contribution in [0.5, 0.6) is 0 Å². The standard InChI is InChI=1S/C16H22N6OS.ClH/c17-5-4-15(23)20-16-19-13(12-24-16)11-21-7-9-22(10-8-21)14-3-1-2-6-18-14;/h1-3,6,12H,4-5,7-11,17H2,(H,19,20,23);1H. The summed E-state index contributed by atoms with van der Waals surface area (Å²) in [6.45, 7) is 5.03. The molecular formula is C16H23ClN6OS. The zero-order valence-corrected chi connectivity index (χ0v) is 15.6. The van der Waals surface area contributed by atoms with Gasteiger partial charge in [-0.05, 0) is 12.1 Å². The Bertz CT molecular complexity index is 660. The summed E-state index contributed by atoms with van der Waals surface area (Å²) < 4.78 is 0. The lowest BCUT2D eigenvalue weighted by Gasteiger charge is -2.35. The summed E-state index contributed by atoms with van der Waals surface area (Å²) in [5.41, 5.74) is 6.37. The van der Waals surface area contributed by atoms with Crippen molar-refractivity contribution in [3.05, 3.63) is 35.5 Å². The maximum Gasteiger partial charge on any atom is 0.227 e. The first kappa shape index (κ1) is 19.6. The van der Waals surface area contributed by atoms with Crippen molar-refractivity contribution in [2.75, 3.05) is 42.9 Å². The van der Waals surface area contributed by atoms with Crippen molar-refractivity contribution in [1.82, 2.24) is 14.9 Å². The number of carbonyl (C=O) groups is 1. The van der Waals surface area contributed by atoms with Gasteiger partial charge >= 0.3 is 0 Å². The van der Waals surface area contributed by atoms with Gasteiger partial charge in [-0.2, -0.15) is 0 Å². The van der Waals surface area contributed by atoms with Crippen molar-refractivity contribution in [1.29, 1.82) is 0 Å². The summed E-state index contributed by atoms with van der Waals surface area (Å²) in [6, 6.07) is 6.00. The number of aromatic nitrogens is 2. The van der Waals surface area contributed by atoms with E-state index in [2.05, 4.69) is 25.1 Å². The van der Waals surface area contributed by atoms with Crippen LogP contribution in [0.1, 0.15) is 12.1 Å². The number of rotatable bonds is 6. The molecule has 1 fully saturated rings. The van der Waals surface area contributed by atoms with Crippen LogP contribution in [-0.4, -0.2) is 53.5 Å². The molecule has 0 aliphatic carbocycles. The Kier molecular flexibility index (Phi) is 7.57. The van der Waals surface area contributed by atoms with E-state index in [0.29, 0.717) is 18.1 Å². The van der Waals surface area contributed by atoms with Crippen molar-refractivity contribution in [2.24, 2.45) is 5.73 Å². The minimum absolute atomic E-state index is 0. The molecule has 3 rings (SSSR count).